The second-order valence-electron chi connectivity index (χ2n) is 5.12. The molecule has 3 N–H and O–H groups in total. The van der Waals surface area contributed by atoms with Crippen LogP contribution >= 0.6 is 0 Å². The van der Waals surface area contributed by atoms with Crippen molar-refractivity contribution in [3.8, 4) is 0 Å². The van der Waals surface area contributed by atoms with E-state index in [1.54, 1.807) is 0 Å². The van der Waals surface area contributed by atoms with E-state index >= 15 is 0 Å². The molecule has 0 aliphatic rings. The van der Waals surface area contributed by atoms with Crippen molar-refractivity contribution in [2.75, 3.05) is 5.32 Å². The van der Waals surface area contributed by atoms with Crippen molar-refractivity contribution in [3.05, 3.63) is 64.7 Å². The van der Waals surface area contributed by atoms with Crippen LogP contribution in [0.5, 0.6) is 0 Å². The van der Waals surface area contributed by atoms with Crippen LogP contribution in [0.15, 0.2) is 42.5 Å². The van der Waals surface area contributed by atoms with E-state index in [1.165, 1.54) is 0 Å². The average molecular weight is 268 g/mol. The molecule has 2 aromatic rings. The maximum atomic E-state index is 12.0. The highest BCUT2D eigenvalue weighted by Gasteiger charge is 2.05. The Balaban J connectivity index is 2.01. The number of nitrogens with one attached hydrogen (secondary N) is 1. The fourth-order valence-corrected chi connectivity index (χ4v) is 2.23. The van der Waals surface area contributed by atoms with Crippen LogP contribution in [0.25, 0.3) is 0 Å². The van der Waals surface area contributed by atoms with Gasteiger partial charge in [0.05, 0.1) is 6.42 Å². The molecule has 0 radical (unpaired) electrons. The molecular formula is C17H20N2O. The fourth-order valence-electron chi connectivity index (χ4n) is 2.23. The Labute approximate surface area is 119 Å². The van der Waals surface area contributed by atoms with E-state index in [9.17, 15) is 4.79 Å². The van der Waals surface area contributed by atoms with Crippen LogP contribution in [0.4, 0.5) is 5.69 Å². The molecule has 0 saturated heterocycles. The SMILES string of the molecule is Cc1cc(C)cc(NC(=O)Cc2ccc(CN)cc2)c1. The number of carbonyl (C=O) groups is 1. The number of carbonyl (C=O) groups excluding carboxylic acids is 1. The van der Waals surface area contributed by atoms with Gasteiger partial charge in [-0.05, 0) is 48.2 Å². The van der Waals surface area contributed by atoms with Crippen LogP contribution in [0.1, 0.15) is 22.3 Å². The summed E-state index contributed by atoms with van der Waals surface area (Å²) in [5, 5.41) is 2.94. The zero-order valence-electron chi connectivity index (χ0n) is 11.9. The summed E-state index contributed by atoms with van der Waals surface area (Å²) in [4.78, 5) is 12.0. The van der Waals surface area contributed by atoms with Gasteiger partial charge < -0.3 is 11.1 Å². The number of amides is 1. The van der Waals surface area contributed by atoms with Crippen LogP contribution in [-0.2, 0) is 17.8 Å². The molecule has 20 heavy (non-hydrogen) atoms. The molecule has 0 atom stereocenters. The first-order chi connectivity index (χ1) is 9.56. The Morgan fingerprint density at radius 1 is 1.00 bits per heavy atom. The highest BCUT2D eigenvalue weighted by atomic mass is 16.1. The molecule has 0 aromatic heterocycles. The lowest BCUT2D eigenvalue weighted by Crippen LogP contribution is -2.14. The number of nitrogens with two attached hydrogens (primary N) is 1. The number of rotatable bonds is 4. The molecule has 2 aromatic carbocycles. The number of aryl methyl sites for hydroxylation is 2. The smallest absolute Gasteiger partial charge is 0.228 e. The van der Waals surface area contributed by atoms with Gasteiger partial charge in [-0.25, -0.2) is 0 Å². The topological polar surface area (TPSA) is 55.1 Å². The molecule has 0 aliphatic carbocycles. The van der Waals surface area contributed by atoms with E-state index in [1.807, 2.05) is 50.2 Å². The van der Waals surface area contributed by atoms with Crippen molar-refractivity contribution in [1.29, 1.82) is 0 Å². The Morgan fingerprint density at radius 2 is 1.55 bits per heavy atom. The Hall–Kier alpha value is -2.13. The summed E-state index contributed by atoms with van der Waals surface area (Å²) in [5.74, 6) is -0.00417. The molecule has 3 nitrogen and oxygen atoms in total. The molecule has 104 valence electrons. The number of anilines is 1. The van der Waals surface area contributed by atoms with E-state index in [0.29, 0.717) is 13.0 Å². The Bertz CT molecular complexity index is 583. The third-order valence-corrected chi connectivity index (χ3v) is 3.13. The van der Waals surface area contributed by atoms with Crippen LogP contribution < -0.4 is 11.1 Å². The maximum absolute atomic E-state index is 12.0. The molecular weight excluding hydrogens is 248 g/mol. The lowest BCUT2D eigenvalue weighted by Gasteiger charge is -2.08. The zero-order valence-corrected chi connectivity index (χ0v) is 11.9. The first-order valence-corrected chi connectivity index (χ1v) is 6.73. The molecule has 0 fully saturated rings. The third kappa shape index (κ3) is 3.93. The molecule has 1 amide bonds. The maximum Gasteiger partial charge on any atom is 0.228 e. The van der Waals surface area contributed by atoms with E-state index in [0.717, 1.165) is 27.9 Å². The average Bonchev–Trinajstić information content (AvgIpc) is 2.38. The molecule has 3 heteroatoms. The van der Waals surface area contributed by atoms with Gasteiger partial charge in [-0.3, -0.25) is 4.79 Å². The van der Waals surface area contributed by atoms with Gasteiger partial charge in [0, 0.05) is 12.2 Å². The van der Waals surface area contributed by atoms with Gasteiger partial charge in [-0.15, -0.1) is 0 Å². The second-order valence-corrected chi connectivity index (χ2v) is 5.12. The van der Waals surface area contributed by atoms with Crippen LogP contribution in [0.2, 0.25) is 0 Å². The molecule has 0 saturated carbocycles. The zero-order chi connectivity index (χ0) is 14.5. The predicted molar refractivity (Wildman–Crippen MR) is 82.6 cm³/mol. The van der Waals surface area contributed by atoms with E-state index in [2.05, 4.69) is 11.4 Å². The quantitative estimate of drug-likeness (QED) is 0.895. The van der Waals surface area contributed by atoms with Gasteiger partial charge in [-0.1, -0.05) is 30.3 Å². The van der Waals surface area contributed by atoms with Gasteiger partial charge in [0.15, 0.2) is 0 Å². The molecule has 0 heterocycles. The lowest BCUT2D eigenvalue weighted by atomic mass is 10.1. The van der Waals surface area contributed by atoms with E-state index < -0.39 is 0 Å². The highest BCUT2D eigenvalue weighted by Crippen LogP contribution is 2.14. The summed E-state index contributed by atoms with van der Waals surface area (Å²) in [6.45, 7) is 4.57. The van der Waals surface area contributed by atoms with Crippen molar-refractivity contribution in [2.45, 2.75) is 26.8 Å². The van der Waals surface area contributed by atoms with E-state index in [-0.39, 0.29) is 5.91 Å². The minimum absolute atomic E-state index is 0.00417. The van der Waals surface area contributed by atoms with Crippen LogP contribution in [-0.4, -0.2) is 5.91 Å². The molecule has 0 aliphatic heterocycles. The summed E-state index contributed by atoms with van der Waals surface area (Å²) in [6, 6.07) is 13.8. The van der Waals surface area contributed by atoms with Crippen LogP contribution in [0, 0.1) is 13.8 Å². The largest absolute Gasteiger partial charge is 0.326 e. The normalized spacial score (nSPS) is 10.3. The second kappa shape index (κ2) is 6.35. The Morgan fingerprint density at radius 3 is 2.10 bits per heavy atom. The summed E-state index contributed by atoms with van der Waals surface area (Å²) >= 11 is 0. The van der Waals surface area contributed by atoms with Crippen molar-refractivity contribution in [3.63, 3.8) is 0 Å². The van der Waals surface area contributed by atoms with Gasteiger partial charge in [0.2, 0.25) is 5.91 Å². The molecule has 2 rings (SSSR count). The number of hydrogen-bond donors (Lipinski definition) is 2. The lowest BCUT2D eigenvalue weighted by molar-refractivity contribution is -0.115. The minimum atomic E-state index is -0.00417. The molecule has 0 bridgehead atoms. The molecule has 0 spiro atoms. The number of benzene rings is 2. The summed E-state index contributed by atoms with van der Waals surface area (Å²) in [7, 11) is 0. The van der Waals surface area contributed by atoms with Gasteiger partial charge in [-0.2, -0.15) is 0 Å². The van der Waals surface area contributed by atoms with Gasteiger partial charge in [0.25, 0.3) is 0 Å². The minimum Gasteiger partial charge on any atom is -0.326 e. The van der Waals surface area contributed by atoms with Gasteiger partial charge in [0.1, 0.15) is 0 Å². The summed E-state index contributed by atoms with van der Waals surface area (Å²) in [5.41, 5.74) is 10.8. The van der Waals surface area contributed by atoms with Gasteiger partial charge >= 0.3 is 0 Å². The monoisotopic (exact) mass is 268 g/mol. The van der Waals surface area contributed by atoms with Crippen molar-refractivity contribution >= 4 is 11.6 Å². The van der Waals surface area contributed by atoms with Crippen molar-refractivity contribution < 1.29 is 4.79 Å². The summed E-state index contributed by atoms with van der Waals surface area (Å²) in [6.07, 6.45) is 0.373. The standard InChI is InChI=1S/C17H20N2O/c1-12-7-13(2)9-16(8-12)19-17(20)10-14-3-5-15(11-18)6-4-14/h3-9H,10-11,18H2,1-2H3,(H,19,20). The highest BCUT2D eigenvalue weighted by molar-refractivity contribution is 5.92. The van der Waals surface area contributed by atoms with Crippen LogP contribution in [0.3, 0.4) is 0 Å². The van der Waals surface area contributed by atoms with E-state index in [4.69, 9.17) is 5.73 Å². The predicted octanol–water partition coefficient (Wildman–Crippen LogP) is 2.94. The summed E-state index contributed by atoms with van der Waals surface area (Å²) < 4.78 is 0. The van der Waals surface area contributed by atoms with Crippen molar-refractivity contribution in [1.82, 2.24) is 0 Å². The van der Waals surface area contributed by atoms with Crippen molar-refractivity contribution in [2.24, 2.45) is 5.73 Å². The first kappa shape index (κ1) is 14.3. The first-order valence-electron chi connectivity index (χ1n) is 6.73. The third-order valence-electron chi connectivity index (χ3n) is 3.13. The Kier molecular flexibility index (Phi) is 4.53. The fraction of sp³-hybridized carbons (Fsp3) is 0.235. The number of hydrogen-bond acceptors (Lipinski definition) is 2. The molecule has 0 unspecified atom stereocenters.